The largest absolute Gasteiger partial charge is 0.383 e. The molecule has 1 aromatic heterocycles. The van der Waals surface area contributed by atoms with E-state index < -0.39 is 0 Å². The van der Waals surface area contributed by atoms with Crippen molar-refractivity contribution in [1.29, 1.82) is 0 Å². The maximum Gasteiger partial charge on any atom is 0.128 e. The van der Waals surface area contributed by atoms with Crippen LogP contribution >= 0.6 is 0 Å². The first-order valence-electron chi connectivity index (χ1n) is 8.19. The summed E-state index contributed by atoms with van der Waals surface area (Å²) >= 11 is 0. The van der Waals surface area contributed by atoms with E-state index in [9.17, 15) is 0 Å². The zero-order chi connectivity index (χ0) is 14.2. The first-order valence-corrected chi connectivity index (χ1v) is 8.19. The van der Waals surface area contributed by atoms with Crippen molar-refractivity contribution in [3.8, 4) is 0 Å². The molecule has 2 unspecified atom stereocenters. The minimum Gasteiger partial charge on any atom is -0.383 e. The third-order valence-electron chi connectivity index (χ3n) is 5.32. The first-order chi connectivity index (χ1) is 10.3. The first kappa shape index (κ1) is 13.1. The minimum absolute atomic E-state index is 0.703. The number of aromatic nitrogens is 1. The fraction of sp³-hybridized carbons (Fsp3) is 0.500. The van der Waals surface area contributed by atoms with Gasteiger partial charge in [-0.05, 0) is 50.3 Å². The Labute approximate surface area is 126 Å². The van der Waals surface area contributed by atoms with E-state index in [1.807, 2.05) is 12.1 Å². The Morgan fingerprint density at radius 2 is 2.00 bits per heavy atom. The highest BCUT2D eigenvalue weighted by Gasteiger charge is 2.34. The third-order valence-corrected chi connectivity index (χ3v) is 5.32. The van der Waals surface area contributed by atoms with Crippen molar-refractivity contribution in [2.75, 3.05) is 12.3 Å². The van der Waals surface area contributed by atoms with Crippen LogP contribution in [0.4, 0.5) is 5.82 Å². The van der Waals surface area contributed by atoms with Crippen LogP contribution in [0, 0.1) is 5.92 Å². The van der Waals surface area contributed by atoms with Crippen LogP contribution in [0.15, 0.2) is 30.3 Å². The molecule has 2 atom stereocenters. The average molecular weight is 281 g/mol. The highest BCUT2D eigenvalue weighted by Crippen LogP contribution is 2.37. The Balaban J connectivity index is 1.62. The monoisotopic (exact) mass is 281 g/mol. The van der Waals surface area contributed by atoms with E-state index >= 15 is 0 Å². The molecular formula is C18H23N3. The normalized spacial score (nSPS) is 26.1. The molecule has 4 rings (SSSR count). The molecule has 1 aliphatic carbocycles. The molecule has 1 aliphatic heterocycles. The highest BCUT2D eigenvalue weighted by molar-refractivity contribution is 5.81. The van der Waals surface area contributed by atoms with Crippen molar-refractivity contribution in [3.63, 3.8) is 0 Å². The molecule has 3 heteroatoms. The quantitative estimate of drug-likeness (QED) is 0.915. The Bertz CT molecular complexity index is 652. The van der Waals surface area contributed by atoms with E-state index in [0.717, 1.165) is 24.0 Å². The van der Waals surface area contributed by atoms with Gasteiger partial charge in [-0.1, -0.05) is 24.6 Å². The number of nitrogens with two attached hydrogens (primary N) is 1. The van der Waals surface area contributed by atoms with Gasteiger partial charge in [-0.25, -0.2) is 4.98 Å². The van der Waals surface area contributed by atoms with Crippen LogP contribution in [-0.4, -0.2) is 22.5 Å². The van der Waals surface area contributed by atoms with Crippen LogP contribution in [-0.2, 0) is 6.54 Å². The van der Waals surface area contributed by atoms with Crippen molar-refractivity contribution >= 4 is 16.7 Å². The number of likely N-dealkylation sites (tertiary alicyclic amines) is 1. The summed E-state index contributed by atoms with van der Waals surface area (Å²) in [5.41, 5.74) is 8.40. The number of anilines is 1. The number of piperidine rings is 1. The van der Waals surface area contributed by atoms with E-state index in [1.165, 1.54) is 49.6 Å². The van der Waals surface area contributed by atoms with Crippen LogP contribution in [0.5, 0.6) is 0 Å². The zero-order valence-corrected chi connectivity index (χ0v) is 12.5. The van der Waals surface area contributed by atoms with Crippen molar-refractivity contribution < 1.29 is 0 Å². The number of nitrogen functional groups attached to an aromatic ring is 1. The molecule has 3 nitrogen and oxygen atoms in total. The van der Waals surface area contributed by atoms with E-state index in [4.69, 9.17) is 5.73 Å². The van der Waals surface area contributed by atoms with E-state index in [2.05, 4.69) is 28.1 Å². The molecule has 2 N–H and O–H groups in total. The predicted molar refractivity (Wildman–Crippen MR) is 86.9 cm³/mol. The van der Waals surface area contributed by atoms with E-state index in [1.54, 1.807) is 0 Å². The molecule has 0 radical (unpaired) electrons. The number of benzene rings is 1. The molecule has 21 heavy (non-hydrogen) atoms. The molecule has 2 heterocycles. The Morgan fingerprint density at radius 3 is 2.95 bits per heavy atom. The van der Waals surface area contributed by atoms with Crippen molar-refractivity contribution in [1.82, 2.24) is 9.88 Å². The summed E-state index contributed by atoms with van der Waals surface area (Å²) in [5.74, 6) is 1.63. The fourth-order valence-electron chi connectivity index (χ4n) is 4.27. The second kappa shape index (κ2) is 5.30. The molecule has 1 saturated heterocycles. The van der Waals surface area contributed by atoms with Gasteiger partial charge in [0.05, 0.1) is 5.52 Å². The molecule has 2 aliphatic rings. The lowest BCUT2D eigenvalue weighted by molar-refractivity contribution is 0.106. The van der Waals surface area contributed by atoms with Crippen LogP contribution < -0.4 is 5.73 Å². The van der Waals surface area contributed by atoms with Gasteiger partial charge >= 0.3 is 0 Å². The van der Waals surface area contributed by atoms with Gasteiger partial charge in [-0.15, -0.1) is 0 Å². The van der Waals surface area contributed by atoms with Crippen LogP contribution in [0.3, 0.4) is 0 Å². The lowest BCUT2D eigenvalue weighted by atomic mass is 9.91. The number of nitrogens with zero attached hydrogens (tertiary/aromatic N) is 2. The molecule has 110 valence electrons. The van der Waals surface area contributed by atoms with Gasteiger partial charge in [0.2, 0.25) is 0 Å². The van der Waals surface area contributed by atoms with Crippen molar-refractivity contribution in [2.45, 2.75) is 44.7 Å². The van der Waals surface area contributed by atoms with Crippen LogP contribution in [0.1, 0.15) is 37.7 Å². The minimum atomic E-state index is 0.703. The number of fused-ring (bicyclic) bond motifs is 2. The lowest BCUT2D eigenvalue weighted by Crippen LogP contribution is -2.42. The van der Waals surface area contributed by atoms with E-state index in [0.29, 0.717) is 5.82 Å². The van der Waals surface area contributed by atoms with E-state index in [-0.39, 0.29) is 0 Å². The molecule has 0 bridgehead atoms. The summed E-state index contributed by atoms with van der Waals surface area (Å²) in [6.07, 6.45) is 6.95. The maximum atomic E-state index is 6.20. The Kier molecular flexibility index (Phi) is 3.30. The van der Waals surface area contributed by atoms with Gasteiger partial charge in [-0.2, -0.15) is 0 Å². The summed E-state index contributed by atoms with van der Waals surface area (Å²) in [6.45, 7) is 2.18. The topological polar surface area (TPSA) is 42.1 Å². The zero-order valence-electron chi connectivity index (χ0n) is 12.5. The summed E-state index contributed by atoms with van der Waals surface area (Å²) < 4.78 is 0. The third kappa shape index (κ3) is 2.40. The second-order valence-electron chi connectivity index (χ2n) is 6.60. The summed E-state index contributed by atoms with van der Waals surface area (Å²) in [4.78, 5) is 7.23. The highest BCUT2D eigenvalue weighted by atomic mass is 15.2. The van der Waals surface area contributed by atoms with Gasteiger partial charge < -0.3 is 5.73 Å². The van der Waals surface area contributed by atoms with Crippen LogP contribution in [0.2, 0.25) is 0 Å². The van der Waals surface area contributed by atoms with Gasteiger partial charge in [0.25, 0.3) is 0 Å². The van der Waals surface area contributed by atoms with Gasteiger partial charge in [0.1, 0.15) is 5.82 Å². The van der Waals surface area contributed by atoms with Gasteiger partial charge in [-0.3, -0.25) is 4.90 Å². The molecule has 2 aromatic rings. The second-order valence-corrected chi connectivity index (χ2v) is 6.60. The predicted octanol–water partition coefficient (Wildman–Crippen LogP) is 3.58. The summed E-state index contributed by atoms with van der Waals surface area (Å²) in [6, 6.07) is 11.3. The van der Waals surface area contributed by atoms with Crippen molar-refractivity contribution in [2.24, 2.45) is 5.92 Å². The number of hydrogen-bond acceptors (Lipinski definition) is 3. The number of rotatable bonds is 2. The van der Waals surface area contributed by atoms with Crippen molar-refractivity contribution in [3.05, 3.63) is 35.9 Å². The van der Waals surface area contributed by atoms with Gasteiger partial charge in [0.15, 0.2) is 0 Å². The summed E-state index contributed by atoms with van der Waals surface area (Å²) in [7, 11) is 0. The molecule has 0 amide bonds. The summed E-state index contributed by atoms with van der Waals surface area (Å²) in [5, 5.41) is 1.20. The number of para-hydroxylation sites is 1. The molecule has 1 aromatic carbocycles. The number of pyridine rings is 1. The SMILES string of the molecule is Nc1nc2ccccc2cc1CN1CCCC2CCCC21. The lowest BCUT2D eigenvalue weighted by Gasteiger charge is -2.37. The number of hydrogen-bond donors (Lipinski definition) is 1. The molecule has 0 spiro atoms. The molecular weight excluding hydrogens is 258 g/mol. The maximum absolute atomic E-state index is 6.20. The average Bonchev–Trinajstić information content (AvgIpc) is 2.97. The van der Waals surface area contributed by atoms with Crippen LogP contribution in [0.25, 0.3) is 10.9 Å². The molecule has 1 saturated carbocycles. The standard InChI is InChI=1S/C18H23N3/c19-18-15(11-14-5-1-2-8-16(14)20-18)12-21-10-4-7-13-6-3-9-17(13)21/h1-2,5,8,11,13,17H,3-4,6-7,9-10,12H2,(H2,19,20). The smallest absolute Gasteiger partial charge is 0.128 e. The Hall–Kier alpha value is -1.61. The van der Waals surface area contributed by atoms with Gasteiger partial charge in [0, 0.05) is 23.5 Å². The molecule has 2 fully saturated rings. The fourth-order valence-corrected chi connectivity index (χ4v) is 4.27. The Morgan fingerprint density at radius 1 is 1.14 bits per heavy atom.